The Hall–Kier alpha value is -1.84. The van der Waals surface area contributed by atoms with Gasteiger partial charge in [-0.1, -0.05) is 49.3 Å². The van der Waals surface area contributed by atoms with Gasteiger partial charge in [-0.05, 0) is 12.5 Å². The van der Waals surface area contributed by atoms with E-state index >= 15 is 0 Å². The first-order valence-electron chi connectivity index (χ1n) is 5.39. The molecule has 0 aliphatic rings. The molecular formula is C13H17NO3. The number of carbonyl (C=O) groups is 1. The molecule has 0 aliphatic heterocycles. The molecule has 4 heteroatoms. The van der Waals surface area contributed by atoms with Crippen molar-refractivity contribution < 1.29 is 14.7 Å². The lowest BCUT2D eigenvalue weighted by molar-refractivity contribution is -0.142. The third-order valence-electron chi connectivity index (χ3n) is 2.79. The number of hydrogen-bond donors (Lipinski definition) is 1. The Morgan fingerprint density at radius 3 is 2.47 bits per heavy atom. The first-order valence-corrected chi connectivity index (χ1v) is 5.39. The Labute approximate surface area is 101 Å². The van der Waals surface area contributed by atoms with Crippen LogP contribution >= 0.6 is 0 Å². The average Bonchev–Trinajstić information content (AvgIpc) is 2.29. The number of benzene rings is 1. The molecule has 0 bridgehead atoms. The van der Waals surface area contributed by atoms with Crippen LogP contribution in [0.25, 0.3) is 0 Å². The SMILES string of the molecule is C/C(=N\OCC(=O)O)C(C)(C)c1ccccc1. The van der Waals surface area contributed by atoms with Gasteiger partial charge in [-0.3, -0.25) is 0 Å². The minimum Gasteiger partial charge on any atom is -0.479 e. The minimum atomic E-state index is -1.03. The Balaban J connectivity index is 2.79. The van der Waals surface area contributed by atoms with Crippen molar-refractivity contribution in [2.45, 2.75) is 26.2 Å². The summed E-state index contributed by atoms with van der Waals surface area (Å²) in [5, 5.41) is 12.3. The average molecular weight is 235 g/mol. The lowest BCUT2D eigenvalue weighted by Gasteiger charge is -2.24. The Morgan fingerprint density at radius 2 is 1.94 bits per heavy atom. The van der Waals surface area contributed by atoms with E-state index in [1.54, 1.807) is 0 Å². The molecule has 0 aliphatic carbocycles. The Morgan fingerprint density at radius 1 is 1.35 bits per heavy atom. The van der Waals surface area contributed by atoms with E-state index in [1.807, 2.05) is 51.1 Å². The quantitative estimate of drug-likeness (QED) is 0.630. The fourth-order valence-electron chi connectivity index (χ4n) is 1.36. The summed E-state index contributed by atoms with van der Waals surface area (Å²) in [7, 11) is 0. The molecule has 0 radical (unpaired) electrons. The maximum Gasteiger partial charge on any atom is 0.344 e. The van der Waals surface area contributed by atoms with Crippen LogP contribution < -0.4 is 0 Å². The van der Waals surface area contributed by atoms with Gasteiger partial charge in [-0.15, -0.1) is 0 Å². The molecule has 0 saturated carbocycles. The minimum absolute atomic E-state index is 0.278. The molecule has 17 heavy (non-hydrogen) atoms. The lowest BCUT2D eigenvalue weighted by atomic mass is 9.81. The highest BCUT2D eigenvalue weighted by molar-refractivity contribution is 5.91. The third kappa shape index (κ3) is 3.59. The van der Waals surface area contributed by atoms with Gasteiger partial charge in [-0.2, -0.15) is 0 Å². The van der Waals surface area contributed by atoms with Crippen LogP contribution in [0.4, 0.5) is 0 Å². The van der Waals surface area contributed by atoms with E-state index < -0.39 is 12.6 Å². The van der Waals surface area contributed by atoms with E-state index in [1.165, 1.54) is 0 Å². The summed E-state index contributed by atoms with van der Waals surface area (Å²) in [5.74, 6) is -1.03. The molecule has 0 unspecified atom stereocenters. The van der Waals surface area contributed by atoms with Crippen molar-refractivity contribution in [3.63, 3.8) is 0 Å². The summed E-state index contributed by atoms with van der Waals surface area (Å²) in [6, 6.07) is 9.89. The molecule has 0 spiro atoms. The molecule has 0 aromatic heterocycles. The normalized spacial score (nSPS) is 12.3. The van der Waals surface area contributed by atoms with Crippen LogP contribution in [0.2, 0.25) is 0 Å². The van der Waals surface area contributed by atoms with Crippen molar-refractivity contribution in [2.24, 2.45) is 5.16 Å². The van der Waals surface area contributed by atoms with Gasteiger partial charge >= 0.3 is 5.97 Å². The van der Waals surface area contributed by atoms with Gasteiger partial charge in [0, 0.05) is 5.41 Å². The number of hydrogen-bond acceptors (Lipinski definition) is 3. The lowest BCUT2D eigenvalue weighted by Crippen LogP contribution is -2.27. The predicted octanol–water partition coefficient (Wildman–Crippen LogP) is 2.44. The second kappa shape index (κ2) is 5.48. The van der Waals surface area contributed by atoms with Gasteiger partial charge in [0.25, 0.3) is 0 Å². The van der Waals surface area contributed by atoms with Crippen LogP contribution in [-0.4, -0.2) is 23.4 Å². The third-order valence-corrected chi connectivity index (χ3v) is 2.79. The number of oxime groups is 1. The van der Waals surface area contributed by atoms with E-state index in [2.05, 4.69) is 5.16 Å². The molecule has 0 atom stereocenters. The van der Waals surface area contributed by atoms with E-state index in [0.29, 0.717) is 0 Å². The number of carboxylic acid groups (broad SMARTS) is 1. The van der Waals surface area contributed by atoms with Crippen molar-refractivity contribution in [2.75, 3.05) is 6.61 Å². The Bertz CT molecular complexity index is 410. The number of nitrogens with zero attached hydrogens (tertiary/aromatic N) is 1. The van der Waals surface area contributed by atoms with Crippen LogP contribution in [0.3, 0.4) is 0 Å². The monoisotopic (exact) mass is 235 g/mol. The molecule has 4 nitrogen and oxygen atoms in total. The number of carboxylic acids is 1. The van der Waals surface area contributed by atoms with Gasteiger partial charge in [0.1, 0.15) is 0 Å². The first kappa shape index (κ1) is 13.2. The molecular weight excluding hydrogens is 218 g/mol. The fourth-order valence-corrected chi connectivity index (χ4v) is 1.36. The zero-order valence-corrected chi connectivity index (χ0v) is 10.3. The maximum atomic E-state index is 10.3. The van der Waals surface area contributed by atoms with Crippen molar-refractivity contribution in [3.05, 3.63) is 35.9 Å². The second-order valence-electron chi connectivity index (χ2n) is 4.33. The van der Waals surface area contributed by atoms with Crippen LogP contribution in [0, 0.1) is 0 Å². The summed E-state index contributed by atoms with van der Waals surface area (Å²) in [6.45, 7) is 5.45. The highest BCUT2D eigenvalue weighted by Crippen LogP contribution is 2.24. The Kier molecular flexibility index (Phi) is 4.26. The molecule has 92 valence electrons. The summed E-state index contributed by atoms with van der Waals surface area (Å²) >= 11 is 0. The van der Waals surface area contributed by atoms with E-state index in [0.717, 1.165) is 11.3 Å². The topological polar surface area (TPSA) is 58.9 Å². The molecule has 0 amide bonds. The molecule has 0 saturated heterocycles. The van der Waals surface area contributed by atoms with Crippen molar-refractivity contribution in [1.29, 1.82) is 0 Å². The van der Waals surface area contributed by atoms with Gasteiger partial charge in [-0.25, -0.2) is 4.79 Å². The van der Waals surface area contributed by atoms with Crippen molar-refractivity contribution >= 4 is 11.7 Å². The summed E-state index contributed by atoms with van der Waals surface area (Å²) in [6.07, 6.45) is 0. The largest absolute Gasteiger partial charge is 0.479 e. The predicted molar refractivity (Wildman–Crippen MR) is 66.2 cm³/mol. The maximum absolute atomic E-state index is 10.3. The van der Waals surface area contributed by atoms with E-state index in [9.17, 15) is 4.79 Å². The van der Waals surface area contributed by atoms with Gasteiger partial charge in [0.2, 0.25) is 6.61 Å². The molecule has 1 aromatic rings. The summed E-state index contributed by atoms with van der Waals surface area (Å²) in [4.78, 5) is 15.1. The van der Waals surface area contributed by atoms with E-state index in [4.69, 9.17) is 9.94 Å². The fraction of sp³-hybridized carbons (Fsp3) is 0.385. The first-order chi connectivity index (χ1) is 7.94. The van der Waals surface area contributed by atoms with Crippen molar-refractivity contribution in [3.8, 4) is 0 Å². The van der Waals surface area contributed by atoms with Crippen LogP contribution in [-0.2, 0) is 15.0 Å². The van der Waals surface area contributed by atoms with E-state index in [-0.39, 0.29) is 5.41 Å². The highest BCUT2D eigenvalue weighted by Gasteiger charge is 2.24. The van der Waals surface area contributed by atoms with Gasteiger partial charge in [0.05, 0.1) is 5.71 Å². The summed E-state index contributed by atoms with van der Waals surface area (Å²) < 4.78 is 0. The molecule has 1 N–H and O–H groups in total. The highest BCUT2D eigenvalue weighted by atomic mass is 16.6. The van der Waals surface area contributed by atoms with Crippen LogP contribution in [0.15, 0.2) is 35.5 Å². The molecule has 1 rings (SSSR count). The van der Waals surface area contributed by atoms with Gasteiger partial charge in [0.15, 0.2) is 0 Å². The van der Waals surface area contributed by atoms with Crippen molar-refractivity contribution in [1.82, 2.24) is 0 Å². The molecule has 1 aromatic carbocycles. The number of rotatable bonds is 5. The smallest absolute Gasteiger partial charge is 0.344 e. The second-order valence-corrected chi connectivity index (χ2v) is 4.33. The summed E-state index contributed by atoms with van der Waals surface area (Å²) in [5.41, 5.74) is 1.57. The number of aliphatic carboxylic acids is 1. The molecule has 0 heterocycles. The van der Waals surface area contributed by atoms with Gasteiger partial charge < -0.3 is 9.94 Å². The zero-order valence-electron chi connectivity index (χ0n) is 10.3. The van der Waals surface area contributed by atoms with Crippen LogP contribution in [0.1, 0.15) is 26.3 Å². The zero-order chi connectivity index (χ0) is 12.9. The standard InChI is InChI=1S/C13H17NO3/c1-10(14-17-9-12(15)16)13(2,3)11-7-5-4-6-8-11/h4-8H,9H2,1-3H3,(H,15,16)/b14-10+. The molecule has 0 fully saturated rings. The van der Waals surface area contributed by atoms with Crippen LogP contribution in [0.5, 0.6) is 0 Å².